The minimum atomic E-state index is -0.768. The van der Waals surface area contributed by atoms with Crippen molar-refractivity contribution in [2.75, 3.05) is 0 Å². The van der Waals surface area contributed by atoms with Crippen LogP contribution in [0.1, 0.15) is 25.7 Å². The van der Waals surface area contributed by atoms with Crippen molar-refractivity contribution in [2.24, 2.45) is 17.8 Å². The summed E-state index contributed by atoms with van der Waals surface area (Å²) < 4.78 is 0. The van der Waals surface area contributed by atoms with E-state index in [1.54, 1.807) is 0 Å². The van der Waals surface area contributed by atoms with Crippen molar-refractivity contribution >= 4 is 11.8 Å². The largest absolute Gasteiger partial charge is 0.481 e. The Labute approximate surface area is 70.8 Å². The minimum Gasteiger partial charge on any atom is -0.481 e. The van der Waals surface area contributed by atoms with Crippen LogP contribution in [0.25, 0.3) is 0 Å². The van der Waals surface area contributed by atoms with Crippen LogP contribution in [-0.4, -0.2) is 16.9 Å². The maximum Gasteiger partial charge on any atom is 0.307 e. The number of rotatable bonds is 1. The molecule has 0 aromatic rings. The lowest BCUT2D eigenvalue weighted by Crippen LogP contribution is -2.33. The van der Waals surface area contributed by atoms with Crippen molar-refractivity contribution in [3.63, 3.8) is 0 Å². The third-order valence-electron chi connectivity index (χ3n) is 3.25. The second-order valence-electron chi connectivity index (χ2n) is 3.81. The van der Waals surface area contributed by atoms with Gasteiger partial charge in [-0.15, -0.1) is 0 Å². The highest BCUT2D eigenvalue weighted by atomic mass is 16.4. The molecule has 0 amide bonds. The Morgan fingerprint density at radius 2 is 2.08 bits per heavy atom. The molecule has 0 spiro atoms. The molecule has 1 N–H and O–H groups in total. The summed E-state index contributed by atoms with van der Waals surface area (Å²) in [5, 5.41) is 8.88. The normalized spacial score (nSPS) is 40.0. The van der Waals surface area contributed by atoms with Gasteiger partial charge in [-0.2, -0.15) is 0 Å². The second kappa shape index (κ2) is 2.57. The third kappa shape index (κ3) is 0.958. The van der Waals surface area contributed by atoms with E-state index in [0.717, 1.165) is 19.3 Å². The minimum absolute atomic E-state index is 0.152. The summed E-state index contributed by atoms with van der Waals surface area (Å²) >= 11 is 0. The molecule has 2 fully saturated rings. The Bertz CT molecular complexity index is 234. The molecule has 3 heteroatoms. The summed E-state index contributed by atoms with van der Waals surface area (Å²) in [7, 11) is 0. The molecule has 2 rings (SSSR count). The zero-order valence-electron chi connectivity index (χ0n) is 6.82. The van der Waals surface area contributed by atoms with Crippen LogP contribution in [0.15, 0.2) is 0 Å². The first-order chi connectivity index (χ1) is 5.70. The fourth-order valence-electron chi connectivity index (χ4n) is 2.65. The maximum absolute atomic E-state index is 11.3. The van der Waals surface area contributed by atoms with Gasteiger partial charge in [-0.25, -0.2) is 0 Å². The summed E-state index contributed by atoms with van der Waals surface area (Å²) in [6.45, 7) is 0. The van der Waals surface area contributed by atoms with Crippen LogP contribution >= 0.6 is 0 Å². The number of carboxylic acid groups (broad SMARTS) is 1. The molecule has 0 aromatic carbocycles. The molecule has 0 radical (unpaired) electrons. The van der Waals surface area contributed by atoms with E-state index < -0.39 is 5.97 Å². The van der Waals surface area contributed by atoms with Gasteiger partial charge in [0.05, 0.1) is 5.92 Å². The number of hydrogen-bond donors (Lipinski definition) is 1. The molecule has 3 nitrogen and oxygen atoms in total. The van der Waals surface area contributed by atoms with Gasteiger partial charge in [-0.05, 0) is 25.2 Å². The Balaban J connectivity index is 2.24. The summed E-state index contributed by atoms with van der Waals surface area (Å²) in [4.78, 5) is 22.1. The topological polar surface area (TPSA) is 54.4 Å². The van der Waals surface area contributed by atoms with Crippen LogP contribution in [0.2, 0.25) is 0 Å². The SMILES string of the molecule is O=C1CCC2CCC1C2C(=O)O. The standard InChI is InChI=1S/C9H12O3/c10-7-4-2-5-1-3-6(7)8(5)9(11)12/h5-6,8H,1-4H2,(H,11,12). The fourth-order valence-corrected chi connectivity index (χ4v) is 2.65. The lowest BCUT2D eigenvalue weighted by Gasteiger charge is -2.24. The first-order valence-corrected chi connectivity index (χ1v) is 4.45. The molecule has 2 aliphatic rings. The molecular formula is C9H12O3. The molecule has 0 saturated heterocycles. The number of aliphatic carboxylic acids is 1. The summed E-state index contributed by atoms with van der Waals surface area (Å²) in [5.74, 6) is -0.815. The van der Waals surface area contributed by atoms with Gasteiger partial charge < -0.3 is 5.11 Å². The van der Waals surface area contributed by atoms with E-state index in [-0.39, 0.29) is 23.5 Å². The van der Waals surface area contributed by atoms with Crippen LogP contribution in [0.3, 0.4) is 0 Å². The first kappa shape index (κ1) is 7.77. The number of ketones is 1. The van der Waals surface area contributed by atoms with Gasteiger partial charge in [0.25, 0.3) is 0 Å². The molecule has 3 atom stereocenters. The number of carbonyl (C=O) groups excluding carboxylic acids is 1. The van der Waals surface area contributed by atoms with Crippen LogP contribution in [0.4, 0.5) is 0 Å². The average molecular weight is 168 g/mol. The third-order valence-corrected chi connectivity index (χ3v) is 3.25. The molecule has 66 valence electrons. The zero-order valence-corrected chi connectivity index (χ0v) is 6.82. The highest BCUT2D eigenvalue weighted by Crippen LogP contribution is 2.44. The Hall–Kier alpha value is -0.860. The quantitative estimate of drug-likeness (QED) is 0.637. The van der Waals surface area contributed by atoms with E-state index in [0.29, 0.717) is 6.42 Å². The summed E-state index contributed by atoms with van der Waals surface area (Å²) in [5.41, 5.74) is 0. The molecule has 3 unspecified atom stereocenters. The van der Waals surface area contributed by atoms with E-state index in [2.05, 4.69) is 0 Å². The predicted molar refractivity (Wildman–Crippen MR) is 41.6 cm³/mol. The summed E-state index contributed by atoms with van der Waals surface area (Å²) in [6, 6.07) is 0. The molecule has 2 saturated carbocycles. The van der Waals surface area contributed by atoms with Crippen molar-refractivity contribution in [1.82, 2.24) is 0 Å². The van der Waals surface area contributed by atoms with Gasteiger partial charge in [0, 0.05) is 12.3 Å². The van der Waals surface area contributed by atoms with Crippen molar-refractivity contribution in [2.45, 2.75) is 25.7 Å². The highest BCUT2D eigenvalue weighted by Gasteiger charge is 2.47. The van der Waals surface area contributed by atoms with E-state index in [1.165, 1.54) is 0 Å². The molecule has 2 aliphatic carbocycles. The monoisotopic (exact) mass is 168 g/mol. The van der Waals surface area contributed by atoms with Gasteiger partial charge in [-0.1, -0.05) is 0 Å². The molecule has 0 aliphatic heterocycles. The van der Waals surface area contributed by atoms with Gasteiger partial charge in [-0.3, -0.25) is 9.59 Å². The predicted octanol–water partition coefficient (Wildman–Crippen LogP) is 1.08. The molecule has 0 heterocycles. The first-order valence-electron chi connectivity index (χ1n) is 4.45. The smallest absolute Gasteiger partial charge is 0.307 e. The van der Waals surface area contributed by atoms with E-state index >= 15 is 0 Å². The van der Waals surface area contributed by atoms with Crippen molar-refractivity contribution in [1.29, 1.82) is 0 Å². The van der Waals surface area contributed by atoms with Gasteiger partial charge in [0.15, 0.2) is 0 Å². The Kier molecular flexibility index (Phi) is 1.67. The maximum atomic E-state index is 11.3. The highest BCUT2D eigenvalue weighted by molar-refractivity contribution is 5.88. The molecule has 0 aromatic heterocycles. The van der Waals surface area contributed by atoms with Gasteiger partial charge >= 0.3 is 5.97 Å². The zero-order chi connectivity index (χ0) is 8.72. The second-order valence-corrected chi connectivity index (χ2v) is 3.81. The van der Waals surface area contributed by atoms with Crippen LogP contribution in [0.5, 0.6) is 0 Å². The lowest BCUT2D eigenvalue weighted by molar-refractivity contribution is -0.149. The van der Waals surface area contributed by atoms with Crippen molar-refractivity contribution in [3.8, 4) is 0 Å². The number of carbonyl (C=O) groups is 2. The van der Waals surface area contributed by atoms with Crippen molar-refractivity contribution in [3.05, 3.63) is 0 Å². The number of Topliss-reactive ketones (excluding diaryl/α,β-unsaturated/α-hetero) is 1. The van der Waals surface area contributed by atoms with Gasteiger partial charge in [0.1, 0.15) is 5.78 Å². The van der Waals surface area contributed by atoms with Crippen LogP contribution in [0, 0.1) is 17.8 Å². The van der Waals surface area contributed by atoms with E-state index in [1.807, 2.05) is 0 Å². The lowest BCUT2D eigenvalue weighted by atomic mass is 9.78. The summed E-state index contributed by atoms with van der Waals surface area (Å²) in [6.07, 6.45) is 3.15. The molecule has 2 bridgehead atoms. The molecule has 12 heavy (non-hydrogen) atoms. The number of fused-ring (bicyclic) bond motifs is 2. The van der Waals surface area contributed by atoms with Gasteiger partial charge in [0.2, 0.25) is 0 Å². The number of carboxylic acids is 1. The Morgan fingerprint density at radius 3 is 2.67 bits per heavy atom. The van der Waals surface area contributed by atoms with Crippen LogP contribution in [-0.2, 0) is 9.59 Å². The van der Waals surface area contributed by atoms with Crippen LogP contribution < -0.4 is 0 Å². The Morgan fingerprint density at radius 1 is 1.33 bits per heavy atom. The van der Waals surface area contributed by atoms with E-state index in [4.69, 9.17) is 5.11 Å². The van der Waals surface area contributed by atoms with Crippen molar-refractivity contribution < 1.29 is 14.7 Å². The van der Waals surface area contributed by atoms with E-state index in [9.17, 15) is 9.59 Å². The molecular weight excluding hydrogens is 156 g/mol. The number of hydrogen-bond acceptors (Lipinski definition) is 2. The average Bonchev–Trinajstić information content (AvgIpc) is 2.35. The fraction of sp³-hybridized carbons (Fsp3) is 0.778.